The van der Waals surface area contributed by atoms with Gasteiger partial charge in [-0.25, -0.2) is 0 Å². The van der Waals surface area contributed by atoms with Crippen LogP contribution in [0.2, 0.25) is 0 Å². The summed E-state index contributed by atoms with van der Waals surface area (Å²) in [5, 5.41) is 6.57. The molecule has 4 heteroatoms. The third-order valence-corrected chi connectivity index (χ3v) is 18.5. The first-order valence-electron chi connectivity index (χ1n) is 22.1. The number of allylic oxidation sites excluding steroid dienone is 1. The fraction of sp³-hybridized carbons (Fsp3) is 0.0333. The predicted octanol–water partition coefficient (Wildman–Crippen LogP) is 16.9. The van der Waals surface area contributed by atoms with E-state index in [1.807, 2.05) is 11.3 Å². The van der Waals surface area contributed by atoms with Crippen molar-refractivity contribution in [2.45, 2.75) is 32.0 Å². The van der Waals surface area contributed by atoms with Crippen LogP contribution >= 0.6 is 21.4 Å². The molecule has 0 spiro atoms. The van der Waals surface area contributed by atoms with Gasteiger partial charge < -0.3 is 9.13 Å². The summed E-state index contributed by atoms with van der Waals surface area (Å²) in [6, 6.07) is 84.0. The number of aromatic nitrogens is 2. The third-order valence-electron chi connectivity index (χ3n) is 13.4. The van der Waals surface area contributed by atoms with Gasteiger partial charge in [-0.2, -0.15) is 0 Å². The number of thiophene rings is 1. The van der Waals surface area contributed by atoms with Crippen LogP contribution in [0.15, 0.2) is 250 Å². The highest BCUT2D eigenvalue weighted by Crippen LogP contribution is 2.74. The van der Waals surface area contributed by atoms with Crippen LogP contribution < -0.4 is 0 Å². The zero-order valence-corrected chi connectivity index (χ0v) is 36.6. The van der Waals surface area contributed by atoms with Gasteiger partial charge >= 0.3 is 0 Å². The van der Waals surface area contributed by atoms with Crippen molar-refractivity contribution in [3.05, 3.63) is 242 Å². The maximum absolute atomic E-state index is 2.56. The van der Waals surface area contributed by atoms with Crippen LogP contribution in [0.25, 0.3) is 75.8 Å². The van der Waals surface area contributed by atoms with E-state index in [4.69, 9.17) is 0 Å². The molecule has 0 N–H and O–H groups in total. The van der Waals surface area contributed by atoms with Crippen molar-refractivity contribution >= 4 is 80.3 Å². The minimum Gasteiger partial charge on any atom is -0.333 e. The second kappa shape index (κ2) is 14.9. The molecule has 9 aromatic carbocycles. The van der Waals surface area contributed by atoms with Crippen molar-refractivity contribution in [3.63, 3.8) is 0 Å². The zero-order chi connectivity index (χ0) is 42.2. The topological polar surface area (TPSA) is 9.86 Å². The number of fused-ring (bicyclic) bond motifs is 9. The molecule has 12 aromatic rings. The summed E-state index contributed by atoms with van der Waals surface area (Å²) in [5.41, 5.74) is 10.1. The summed E-state index contributed by atoms with van der Waals surface area (Å²) in [5.74, 6) is 0. The van der Waals surface area contributed by atoms with E-state index in [-0.39, 0.29) is 6.04 Å². The second-order valence-electron chi connectivity index (χ2n) is 16.8. The number of nitrogens with zero attached hydrogens (tertiary/aromatic N) is 2. The molecule has 0 aliphatic heterocycles. The fourth-order valence-corrected chi connectivity index (χ4v) is 15.8. The summed E-state index contributed by atoms with van der Waals surface area (Å²) >= 11 is 1.90. The smallest absolute Gasteiger partial charge is 0.0567 e. The van der Waals surface area contributed by atoms with Gasteiger partial charge in [0.2, 0.25) is 0 Å². The number of para-hydroxylation sites is 3. The number of rotatable bonds is 7. The molecule has 1 aliphatic carbocycles. The lowest BCUT2D eigenvalue weighted by Gasteiger charge is -2.42. The Bertz CT molecular complexity index is 3680. The van der Waals surface area contributed by atoms with E-state index in [9.17, 15) is 0 Å². The number of hydrogen-bond acceptors (Lipinski definition) is 1. The van der Waals surface area contributed by atoms with Crippen LogP contribution in [0, 0.1) is 0 Å². The quantitative estimate of drug-likeness (QED) is 0.151. The normalized spacial score (nSPS) is 14.2. The first-order chi connectivity index (χ1) is 31.8. The second-order valence-corrected chi connectivity index (χ2v) is 21.0. The molecule has 1 aliphatic rings. The Hall–Kier alpha value is -7.37. The average Bonchev–Trinajstić information content (AvgIpc) is 4.03. The van der Waals surface area contributed by atoms with E-state index in [1.54, 1.807) is 0 Å². The van der Waals surface area contributed by atoms with Crippen LogP contribution in [0.4, 0.5) is 0 Å². The number of benzene rings is 9. The molecule has 0 amide bonds. The van der Waals surface area contributed by atoms with Crippen molar-refractivity contribution in [3.8, 4) is 16.8 Å². The maximum atomic E-state index is 2.56. The highest BCUT2D eigenvalue weighted by molar-refractivity contribution is 8.34. The van der Waals surface area contributed by atoms with E-state index < -0.39 is 10.0 Å². The van der Waals surface area contributed by atoms with Gasteiger partial charge in [0.25, 0.3) is 0 Å². The first kappa shape index (κ1) is 37.2. The minimum absolute atomic E-state index is 0.182. The van der Waals surface area contributed by atoms with Gasteiger partial charge in [-0.15, -0.1) is 21.4 Å². The van der Waals surface area contributed by atoms with Gasteiger partial charge in [-0.05, 0) is 108 Å². The monoisotopic (exact) mass is 854 g/mol. The van der Waals surface area contributed by atoms with Crippen molar-refractivity contribution in [2.24, 2.45) is 0 Å². The Labute approximate surface area is 377 Å². The molecule has 13 rings (SSSR count). The molecule has 0 saturated heterocycles. The Morgan fingerprint density at radius 2 is 0.984 bits per heavy atom. The highest BCUT2D eigenvalue weighted by Gasteiger charge is 2.35. The van der Waals surface area contributed by atoms with Crippen LogP contribution in [0.5, 0.6) is 0 Å². The lowest BCUT2D eigenvalue weighted by molar-refractivity contribution is 0.636. The van der Waals surface area contributed by atoms with Gasteiger partial charge in [0.15, 0.2) is 0 Å². The molecule has 0 saturated carbocycles. The van der Waals surface area contributed by atoms with E-state index in [0.717, 1.165) is 6.42 Å². The molecule has 1 unspecified atom stereocenters. The van der Waals surface area contributed by atoms with Crippen molar-refractivity contribution in [1.82, 2.24) is 9.13 Å². The molecule has 3 aromatic heterocycles. The lowest BCUT2D eigenvalue weighted by Crippen LogP contribution is -2.13. The molecular weight excluding hydrogens is 813 g/mol. The Morgan fingerprint density at radius 3 is 1.70 bits per heavy atom. The lowest BCUT2D eigenvalue weighted by atomic mass is 9.96. The maximum Gasteiger partial charge on any atom is 0.0567 e. The van der Waals surface area contributed by atoms with Gasteiger partial charge in [0.1, 0.15) is 0 Å². The average molecular weight is 855 g/mol. The molecule has 2 nitrogen and oxygen atoms in total. The predicted molar refractivity (Wildman–Crippen MR) is 273 cm³/mol. The molecule has 64 heavy (non-hydrogen) atoms. The molecule has 0 radical (unpaired) electrons. The Balaban J connectivity index is 1.01. The van der Waals surface area contributed by atoms with E-state index in [0.29, 0.717) is 0 Å². The Morgan fingerprint density at radius 1 is 0.438 bits per heavy atom. The van der Waals surface area contributed by atoms with Gasteiger partial charge in [0, 0.05) is 78.3 Å². The van der Waals surface area contributed by atoms with E-state index in [2.05, 4.69) is 246 Å². The molecular formula is C60H42N2S2. The van der Waals surface area contributed by atoms with Gasteiger partial charge in [-0.3, -0.25) is 0 Å². The molecule has 0 bridgehead atoms. The van der Waals surface area contributed by atoms with Crippen molar-refractivity contribution < 1.29 is 0 Å². The largest absolute Gasteiger partial charge is 0.333 e. The first-order valence-corrected chi connectivity index (χ1v) is 24.5. The third kappa shape index (κ3) is 5.59. The van der Waals surface area contributed by atoms with Crippen LogP contribution in [-0.2, 0) is 6.42 Å². The fourth-order valence-electron chi connectivity index (χ4n) is 10.7. The molecule has 0 fully saturated rings. The highest BCUT2D eigenvalue weighted by atomic mass is 32.3. The Kier molecular flexibility index (Phi) is 8.65. The van der Waals surface area contributed by atoms with Crippen molar-refractivity contribution in [1.29, 1.82) is 0 Å². The SMILES string of the molecule is C1=CC(n2c3ccccc3c3ccccc32)Cc2c1n(-c1cccc(S(c3ccccc3)(c3ccccc3)c3cccc(-c4cccc5c4sc4ccccc45)c3)c1)c1ccccc21. The molecule has 1 atom stereocenters. The molecule has 3 heterocycles. The summed E-state index contributed by atoms with van der Waals surface area (Å²) < 4.78 is 7.73. The van der Waals surface area contributed by atoms with Crippen LogP contribution in [-0.4, -0.2) is 9.13 Å². The summed E-state index contributed by atoms with van der Waals surface area (Å²) in [6.07, 6.45) is 5.74. The van der Waals surface area contributed by atoms with Crippen LogP contribution in [0.1, 0.15) is 17.3 Å². The number of hydrogen-bond donors (Lipinski definition) is 0. The van der Waals surface area contributed by atoms with E-state index in [1.165, 1.54) is 101 Å². The summed E-state index contributed by atoms with van der Waals surface area (Å²) in [4.78, 5) is 5.23. The van der Waals surface area contributed by atoms with Gasteiger partial charge in [-0.1, -0.05) is 152 Å². The zero-order valence-electron chi connectivity index (χ0n) is 35.0. The van der Waals surface area contributed by atoms with Crippen LogP contribution in [0.3, 0.4) is 0 Å². The van der Waals surface area contributed by atoms with Crippen molar-refractivity contribution in [2.75, 3.05) is 0 Å². The standard InChI is InChI=1S/C60H42N2S2/c1-3-20-44(21-4-1)64(45-22-5-2-6-23-45,46-24-15-18-41(38-46)48-30-17-31-53-52-29-10-14-35-59(52)63-60(48)53)47-25-16-19-42(39-47)61-57-34-13-9-28-51(57)54-40-43(36-37-58(54)61)62-55-32-11-7-26-49(55)50-27-8-12-33-56(50)62/h1-39,43H,40H2. The summed E-state index contributed by atoms with van der Waals surface area (Å²) in [7, 11) is -2.02. The summed E-state index contributed by atoms with van der Waals surface area (Å²) in [6.45, 7) is 0. The minimum atomic E-state index is -2.02. The molecule has 304 valence electrons. The van der Waals surface area contributed by atoms with Gasteiger partial charge in [0.05, 0.1) is 11.6 Å². The van der Waals surface area contributed by atoms with E-state index >= 15 is 0 Å².